The van der Waals surface area contributed by atoms with Gasteiger partial charge in [0.25, 0.3) is 0 Å². The minimum Gasteiger partial charge on any atom is -0.370 e. The monoisotopic (exact) mass is 1060 g/mol. The molecule has 17 N–H and O–H groups in total. The van der Waals surface area contributed by atoms with Crippen LogP contribution in [0, 0.1) is 5.92 Å². The van der Waals surface area contributed by atoms with Gasteiger partial charge in [0.15, 0.2) is 5.96 Å². The smallest absolute Gasteiger partial charge is 0.246 e. The summed E-state index contributed by atoms with van der Waals surface area (Å²) in [5, 5.41) is 18.1. The third-order valence-corrected chi connectivity index (χ3v) is 15.5. The Morgan fingerprint density at radius 2 is 1.45 bits per heavy atom. The van der Waals surface area contributed by atoms with Crippen LogP contribution >= 0.6 is 21.6 Å². The van der Waals surface area contributed by atoms with Crippen LogP contribution in [0.1, 0.15) is 96.5 Å². The maximum Gasteiger partial charge on any atom is 0.246 e. The number of nitrogens with two attached hydrogens (primary N) is 5. The van der Waals surface area contributed by atoms with Gasteiger partial charge in [0.2, 0.25) is 65.0 Å². The van der Waals surface area contributed by atoms with Crippen LogP contribution in [0.2, 0.25) is 0 Å². The third-order valence-electron chi connectivity index (χ3n) is 12.2. The Hall–Kier alpha value is -6.64. The first kappa shape index (κ1) is 60.7. The lowest BCUT2D eigenvalue weighted by Gasteiger charge is -2.36. The van der Waals surface area contributed by atoms with Gasteiger partial charge in [0.05, 0.1) is 19.5 Å². The summed E-state index contributed by atoms with van der Waals surface area (Å²) in [6.45, 7) is 2.41. The summed E-state index contributed by atoms with van der Waals surface area (Å²) < 4.78 is -0.710. The molecule has 0 bridgehead atoms. The van der Waals surface area contributed by atoms with Crippen LogP contribution < -0.4 is 65.9 Å². The molecule has 3 rings (SSSR count). The molecule has 1 spiro atoms. The number of hydrogen-bond acceptors (Lipinski definition) is 14. The van der Waals surface area contributed by atoms with Crippen molar-refractivity contribution in [1.82, 2.24) is 42.1 Å². The van der Waals surface area contributed by atoms with Crippen LogP contribution in [0.15, 0.2) is 35.3 Å². The summed E-state index contributed by atoms with van der Waals surface area (Å²) >= 11 is 0. The molecule has 1 aliphatic heterocycles. The number of rotatable bonds is 20. The molecule has 0 aromatic heterocycles. The molecule has 1 heterocycles. The highest BCUT2D eigenvalue weighted by Crippen LogP contribution is 2.48. The number of amides is 11. The predicted molar refractivity (Wildman–Crippen MR) is 274 cm³/mol. The van der Waals surface area contributed by atoms with Crippen molar-refractivity contribution >= 4 is 92.5 Å². The second kappa shape index (κ2) is 30.4. The van der Waals surface area contributed by atoms with Gasteiger partial charge >= 0.3 is 0 Å². The highest BCUT2D eigenvalue weighted by Gasteiger charge is 2.40. The van der Waals surface area contributed by atoms with E-state index in [0.717, 1.165) is 40.5 Å². The van der Waals surface area contributed by atoms with Gasteiger partial charge < -0.3 is 70.8 Å². The van der Waals surface area contributed by atoms with E-state index in [0.29, 0.717) is 19.3 Å². The number of benzene rings is 1. The zero-order chi connectivity index (χ0) is 54.3. The van der Waals surface area contributed by atoms with Crippen molar-refractivity contribution in [3.63, 3.8) is 0 Å². The average Bonchev–Trinajstić information content (AvgIpc) is 3.33. The van der Waals surface area contributed by atoms with Gasteiger partial charge in [0.1, 0.15) is 36.3 Å². The molecule has 27 heteroatoms. The molecule has 73 heavy (non-hydrogen) atoms. The van der Waals surface area contributed by atoms with Crippen LogP contribution in [0.5, 0.6) is 0 Å². The van der Waals surface area contributed by atoms with Gasteiger partial charge in [-0.05, 0) is 43.6 Å². The maximum absolute atomic E-state index is 14.4. The Kier molecular flexibility index (Phi) is 25.3. The van der Waals surface area contributed by atoms with Gasteiger partial charge in [-0.25, -0.2) is 0 Å². The van der Waals surface area contributed by atoms with E-state index in [1.54, 1.807) is 44.2 Å². The topological polar surface area (TPSA) is 418 Å². The molecule has 2 aliphatic rings. The molecule has 404 valence electrons. The molecule has 0 radical (unpaired) electrons. The number of aliphatic imine (C=N–C) groups is 1. The molecule has 0 unspecified atom stereocenters. The minimum atomic E-state index is -1.75. The number of primary amides is 3. The highest BCUT2D eigenvalue weighted by atomic mass is 33.1. The van der Waals surface area contributed by atoms with Crippen molar-refractivity contribution in [2.45, 2.75) is 138 Å². The summed E-state index contributed by atoms with van der Waals surface area (Å²) in [5.41, 5.74) is 27.7. The van der Waals surface area contributed by atoms with Crippen molar-refractivity contribution in [3.05, 3.63) is 35.9 Å². The van der Waals surface area contributed by atoms with E-state index >= 15 is 0 Å². The molecule has 1 saturated carbocycles. The van der Waals surface area contributed by atoms with Gasteiger partial charge in [0, 0.05) is 43.4 Å². The molecule has 11 amide bonds. The van der Waals surface area contributed by atoms with Crippen LogP contribution in [0.3, 0.4) is 0 Å². The van der Waals surface area contributed by atoms with E-state index in [9.17, 15) is 52.7 Å². The quantitative estimate of drug-likeness (QED) is 0.0267. The summed E-state index contributed by atoms with van der Waals surface area (Å²) in [5.74, 6) is -10.1. The second-order valence-corrected chi connectivity index (χ2v) is 21.1. The number of nitrogens with one attached hydrogen (secondary N) is 7. The fourth-order valence-corrected chi connectivity index (χ4v) is 11.4. The van der Waals surface area contributed by atoms with E-state index in [-0.39, 0.29) is 50.4 Å². The van der Waals surface area contributed by atoms with Crippen molar-refractivity contribution in [2.75, 3.05) is 32.4 Å². The van der Waals surface area contributed by atoms with Crippen LogP contribution in [-0.4, -0.2) is 149 Å². The predicted octanol–water partition coefficient (Wildman–Crippen LogP) is -3.07. The van der Waals surface area contributed by atoms with E-state index < -0.39 is 138 Å². The standard InChI is InChI=1S/C46H72N14O11S2/c1-4-26(2)38-43(70)56-29(15-16-33(47)61)40(67)57-31(21-34(48)62)41(68)58-32(44(71)60(3)24-37(65)54-28(14-11-19-52-45(50)51)39(66)53-23-35(49)63)25-72-73-46(17-9-6-10-18-46)22-36(64)55-30(42(69)59-38)20-27-12-7-5-8-13-27/h5,7-8,12-13,26,28-32,38H,4,6,9-11,14-25H2,1-3H3,(H2,47,61)(H2,48,62)(H2,49,63)(H,53,66)(H,54,65)(H,55,64)(H,56,70)(H,57,67)(H,58,68)(H,59,69)(H4,50,51,52)/t26-,28-,29-,30+,31-,32-,38-/m0/s1. The van der Waals surface area contributed by atoms with E-state index in [1.165, 1.54) is 17.8 Å². The second-order valence-electron chi connectivity index (χ2n) is 18.3. The van der Waals surface area contributed by atoms with Gasteiger partial charge in [-0.2, -0.15) is 0 Å². The first-order valence-corrected chi connectivity index (χ1v) is 26.4. The Bertz CT molecular complexity index is 2160. The number of nitrogens with zero attached hydrogens (tertiary/aromatic N) is 2. The fourth-order valence-electron chi connectivity index (χ4n) is 8.08. The van der Waals surface area contributed by atoms with Crippen molar-refractivity contribution in [3.8, 4) is 0 Å². The SMILES string of the molecule is CC[C@H](C)[C@@H]1NC(=O)[C@@H](Cc2ccccc2)NC(=O)CC2(CCCCC2)SSC[C@@H](C(=O)N(C)CC(=O)N[C@@H](CCCN=C(N)N)C(=O)NCC(N)=O)NC(=O)[C@H](CC(N)=O)NC(=O)[C@H](CCC(N)=O)NC1=O. The van der Waals surface area contributed by atoms with Crippen LogP contribution in [-0.2, 0) is 59.2 Å². The number of guanidine groups is 1. The molecule has 1 aliphatic carbocycles. The Morgan fingerprint density at radius 1 is 0.808 bits per heavy atom. The van der Waals surface area contributed by atoms with Crippen molar-refractivity contribution < 1.29 is 52.7 Å². The lowest BCUT2D eigenvalue weighted by Crippen LogP contribution is -2.61. The molecule has 2 fully saturated rings. The number of carbonyl (C=O) groups excluding carboxylic acids is 11. The number of hydrogen-bond donors (Lipinski definition) is 12. The zero-order valence-corrected chi connectivity index (χ0v) is 43.2. The molecule has 1 aromatic rings. The molecule has 1 aromatic carbocycles. The van der Waals surface area contributed by atoms with Crippen LogP contribution in [0.4, 0.5) is 0 Å². The van der Waals surface area contributed by atoms with E-state index in [1.807, 2.05) is 0 Å². The van der Waals surface area contributed by atoms with Gasteiger partial charge in [-0.15, -0.1) is 0 Å². The summed E-state index contributed by atoms with van der Waals surface area (Å²) in [4.78, 5) is 153. The lowest BCUT2D eigenvalue weighted by atomic mass is 9.85. The zero-order valence-electron chi connectivity index (χ0n) is 41.5. The molecule has 25 nitrogen and oxygen atoms in total. The average molecular weight is 1060 g/mol. The third kappa shape index (κ3) is 21.5. The van der Waals surface area contributed by atoms with E-state index in [2.05, 4.69) is 42.2 Å². The van der Waals surface area contributed by atoms with Gasteiger partial charge in [-0.3, -0.25) is 57.7 Å². The fraction of sp³-hybridized carbons (Fsp3) is 0.609. The van der Waals surface area contributed by atoms with E-state index in [4.69, 9.17) is 28.7 Å². The largest absolute Gasteiger partial charge is 0.370 e. The van der Waals surface area contributed by atoms with Crippen molar-refractivity contribution in [2.24, 2.45) is 39.6 Å². The summed E-state index contributed by atoms with van der Waals surface area (Å²) in [6.07, 6.45) is 2.64. The first-order chi connectivity index (χ1) is 34.5. The lowest BCUT2D eigenvalue weighted by molar-refractivity contribution is -0.139. The Balaban J connectivity index is 2.08. The summed E-state index contributed by atoms with van der Waals surface area (Å²) in [7, 11) is 3.75. The maximum atomic E-state index is 14.4. The summed E-state index contributed by atoms with van der Waals surface area (Å²) in [6, 6.07) is 0.533. The Labute approximate surface area is 432 Å². The molecule has 7 atom stereocenters. The normalized spacial score (nSPS) is 22.0. The number of carbonyl (C=O) groups is 11. The van der Waals surface area contributed by atoms with Crippen molar-refractivity contribution in [1.29, 1.82) is 0 Å². The number of likely N-dealkylation sites (N-methyl/N-ethyl adjacent to an activating group) is 1. The molecule has 1 saturated heterocycles. The minimum absolute atomic E-state index is 0.0104. The molecular formula is C46H72N14O11S2. The highest BCUT2D eigenvalue weighted by molar-refractivity contribution is 8.77. The first-order valence-electron chi connectivity index (χ1n) is 24.1. The Morgan fingerprint density at radius 3 is 2.07 bits per heavy atom. The van der Waals surface area contributed by atoms with Gasteiger partial charge in [-0.1, -0.05) is 91.5 Å². The van der Waals surface area contributed by atoms with Crippen LogP contribution in [0.25, 0.3) is 0 Å². The molecular weight excluding hydrogens is 989 g/mol.